The molecule has 3 rings (SSSR count). The van der Waals surface area contributed by atoms with Crippen molar-refractivity contribution in [3.63, 3.8) is 0 Å². The molecule has 1 aromatic carbocycles. The molecule has 28 heavy (non-hydrogen) atoms. The number of hydrogen-bond acceptors (Lipinski definition) is 4. The van der Waals surface area contributed by atoms with E-state index in [0.29, 0.717) is 17.6 Å². The SMILES string of the molecule is CCOC1CC(NC(=NC)NC(C)c2cc(OC)ccc2OC)C12CCC2.I. The summed E-state index contributed by atoms with van der Waals surface area (Å²) in [6, 6.07) is 6.30. The molecule has 1 aromatic rings. The first kappa shape index (κ1) is 23.1. The minimum atomic E-state index is 0. The van der Waals surface area contributed by atoms with Crippen LogP contribution >= 0.6 is 24.0 Å². The van der Waals surface area contributed by atoms with Crippen molar-refractivity contribution < 1.29 is 14.2 Å². The summed E-state index contributed by atoms with van der Waals surface area (Å²) >= 11 is 0. The van der Waals surface area contributed by atoms with Crippen molar-refractivity contribution in [2.45, 2.75) is 57.7 Å². The summed E-state index contributed by atoms with van der Waals surface area (Å²) in [7, 11) is 5.18. The van der Waals surface area contributed by atoms with E-state index in [9.17, 15) is 0 Å². The van der Waals surface area contributed by atoms with E-state index in [1.807, 2.05) is 25.2 Å². The van der Waals surface area contributed by atoms with Crippen molar-refractivity contribution in [2.75, 3.05) is 27.9 Å². The van der Waals surface area contributed by atoms with Gasteiger partial charge in [-0.05, 0) is 51.3 Å². The molecule has 0 aromatic heterocycles. The molecular formula is C21H34IN3O3. The minimum Gasteiger partial charge on any atom is -0.497 e. The summed E-state index contributed by atoms with van der Waals surface area (Å²) in [6.07, 6.45) is 5.22. The fraction of sp³-hybridized carbons (Fsp3) is 0.667. The maximum absolute atomic E-state index is 5.96. The van der Waals surface area contributed by atoms with Gasteiger partial charge in [-0.25, -0.2) is 0 Å². The van der Waals surface area contributed by atoms with Crippen LogP contribution in [0.15, 0.2) is 23.2 Å². The van der Waals surface area contributed by atoms with Gasteiger partial charge in [-0.3, -0.25) is 4.99 Å². The maximum Gasteiger partial charge on any atom is 0.191 e. The van der Waals surface area contributed by atoms with Gasteiger partial charge in [0.15, 0.2) is 5.96 Å². The molecule has 1 spiro atoms. The Labute approximate surface area is 185 Å². The molecule has 2 aliphatic carbocycles. The van der Waals surface area contributed by atoms with Crippen LogP contribution in [0.2, 0.25) is 0 Å². The lowest BCUT2D eigenvalue weighted by Gasteiger charge is -2.61. The van der Waals surface area contributed by atoms with Gasteiger partial charge in [0.2, 0.25) is 0 Å². The Kier molecular flexibility index (Phi) is 8.24. The number of rotatable bonds is 7. The monoisotopic (exact) mass is 503 g/mol. The van der Waals surface area contributed by atoms with Crippen molar-refractivity contribution in [3.8, 4) is 11.5 Å². The number of nitrogens with zero attached hydrogens (tertiary/aromatic N) is 1. The fourth-order valence-corrected chi connectivity index (χ4v) is 4.44. The predicted molar refractivity (Wildman–Crippen MR) is 123 cm³/mol. The molecule has 7 heteroatoms. The Hall–Kier alpha value is -1.22. The second-order valence-corrected chi connectivity index (χ2v) is 7.51. The minimum absolute atomic E-state index is 0. The van der Waals surface area contributed by atoms with Gasteiger partial charge in [0, 0.05) is 30.7 Å². The van der Waals surface area contributed by atoms with Gasteiger partial charge in [-0.15, -0.1) is 24.0 Å². The Bertz CT molecular complexity index is 679. The van der Waals surface area contributed by atoms with Gasteiger partial charge in [0.25, 0.3) is 0 Å². The van der Waals surface area contributed by atoms with E-state index >= 15 is 0 Å². The predicted octanol–water partition coefficient (Wildman–Crippen LogP) is 3.90. The normalized spacial score (nSPS) is 23.7. The van der Waals surface area contributed by atoms with Crippen molar-refractivity contribution in [1.82, 2.24) is 10.6 Å². The molecule has 3 atom stereocenters. The number of methoxy groups -OCH3 is 2. The second kappa shape index (κ2) is 10.0. The number of ether oxygens (including phenoxy) is 3. The fourth-order valence-electron chi connectivity index (χ4n) is 4.44. The van der Waals surface area contributed by atoms with Gasteiger partial charge in [-0.1, -0.05) is 6.42 Å². The highest BCUT2D eigenvalue weighted by atomic mass is 127. The van der Waals surface area contributed by atoms with E-state index in [-0.39, 0.29) is 30.0 Å². The zero-order valence-corrected chi connectivity index (χ0v) is 19.9. The summed E-state index contributed by atoms with van der Waals surface area (Å²) in [5.41, 5.74) is 1.34. The van der Waals surface area contributed by atoms with Crippen molar-refractivity contribution in [1.29, 1.82) is 0 Å². The van der Waals surface area contributed by atoms with E-state index in [1.54, 1.807) is 14.2 Å². The standard InChI is InChI=1S/C21H33N3O3.HI/c1-6-27-19-13-18(21(19)10-7-11-21)24-20(22-3)23-14(2)16-12-15(25-4)8-9-17(16)26-5;/h8-9,12,14,18-19H,6-7,10-11,13H2,1-5H3,(H2,22,23,24);1H. The molecule has 2 N–H and O–H groups in total. The summed E-state index contributed by atoms with van der Waals surface area (Å²) in [5, 5.41) is 7.14. The van der Waals surface area contributed by atoms with Crippen LogP contribution in [0.5, 0.6) is 11.5 Å². The van der Waals surface area contributed by atoms with Crippen LogP contribution in [0.1, 0.15) is 51.1 Å². The summed E-state index contributed by atoms with van der Waals surface area (Å²) in [4.78, 5) is 4.45. The smallest absolute Gasteiger partial charge is 0.191 e. The molecule has 2 saturated carbocycles. The molecule has 158 valence electrons. The van der Waals surface area contributed by atoms with Gasteiger partial charge in [0.1, 0.15) is 11.5 Å². The van der Waals surface area contributed by atoms with Gasteiger partial charge >= 0.3 is 0 Å². The first-order valence-corrected chi connectivity index (χ1v) is 9.91. The number of halogens is 1. The van der Waals surface area contributed by atoms with E-state index < -0.39 is 0 Å². The highest BCUT2D eigenvalue weighted by Crippen LogP contribution is 2.57. The molecular weight excluding hydrogens is 469 g/mol. The highest BCUT2D eigenvalue weighted by molar-refractivity contribution is 14.0. The molecule has 3 unspecified atom stereocenters. The van der Waals surface area contributed by atoms with Crippen molar-refractivity contribution >= 4 is 29.9 Å². The Morgan fingerprint density at radius 2 is 2.04 bits per heavy atom. The summed E-state index contributed by atoms with van der Waals surface area (Å²) in [6.45, 7) is 4.97. The van der Waals surface area contributed by atoms with E-state index in [4.69, 9.17) is 14.2 Å². The Morgan fingerprint density at radius 3 is 2.57 bits per heavy atom. The second-order valence-electron chi connectivity index (χ2n) is 7.51. The first-order chi connectivity index (χ1) is 13.1. The van der Waals surface area contributed by atoms with E-state index in [1.165, 1.54) is 19.3 Å². The lowest BCUT2D eigenvalue weighted by atomic mass is 9.51. The van der Waals surface area contributed by atoms with Crippen LogP contribution in [0.3, 0.4) is 0 Å². The lowest BCUT2D eigenvalue weighted by Crippen LogP contribution is -2.68. The molecule has 2 aliphatic rings. The van der Waals surface area contributed by atoms with Crippen LogP contribution in [0, 0.1) is 5.41 Å². The third-order valence-corrected chi connectivity index (χ3v) is 6.23. The van der Waals surface area contributed by atoms with Crippen LogP contribution < -0.4 is 20.1 Å². The van der Waals surface area contributed by atoms with Gasteiger partial charge in [0.05, 0.1) is 26.4 Å². The number of guanidine groups is 1. The Balaban J connectivity index is 0.00000280. The molecule has 0 heterocycles. The number of aliphatic imine (C=N–C) groups is 1. The van der Waals surface area contributed by atoms with Gasteiger partial charge < -0.3 is 24.8 Å². The third-order valence-electron chi connectivity index (χ3n) is 6.23. The zero-order chi connectivity index (χ0) is 19.4. The molecule has 0 aliphatic heterocycles. The third kappa shape index (κ3) is 4.35. The number of benzene rings is 1. The summed E-state index contributed by atoms with van der Waals surface area (Å²) in [5.74, 6) is 2.47. The lowest BCUT2D eigenvalue weighted by molar-refractivity contribution is -0.168. The highest BCUT2D eigenvalue weighted by Gasteiger charge is 2.59. The molecule has 0 radical (unpaired) electrons. The van der Waals surface area contributed by atoms with Crippen LogP contribution in [0.25, 0.3) is 0 Å². The molecule has 0 bridgehead atoms. The maximum atomic E-state index is 5.96. The zero-order valence-electron chi connectivity index (χ0n) is 17.6. The average molecular weight is 503 g/mol. The summed E-state index contributed by atoms with van der Waals surface area (Å²) < 4.78 is 16.8. The largest absolute Gasteiger partial charge is 0.497 e. The van der Waals surface area contributed by atoms with E-state index in [2.05, 4.69) is 29.5 Å². The molecule has 2 fully saturated rings. The number of hydrogen-bond donors (Lipinski definition) is 2. The quantitative estimate of drug-likeness (QED) is 0.336. The number of nitrogens with one attached hydrogen (secondary N) is 2. The van der Waals surface area contributed by atoms with E-state index in [0.717, 1.165) is 36.0 Å². The molecule has 0 amide bonds. The van der Waals surface area contributed by atoms with Crippen LogP contribution in [-0.2, 0) is 4.74 Å². The average Bonchev–Trinajstić information content (AvgIpc) is 2.64. The first-order valence-electron chi connectivity index (χ1n) is 9.91. The van der Waals surface area contributed by atoms with Crippen molar-refractivity contribution in [2.24, 2.45) is 10.4 Å². The molecule has 0 saturated heterocycles. The van der Waals surface area contributed by atoms with Crippen molar-refractivity contribution in [3.05, 3.63) is 23.8 Å². The topological polar surface area (TPSA) is 64.1 Å². The van der Waals surface area contributed by atoms with Crippen LogP contribution in [0.4, 0.5) is 0 Å². The molecule has 6 nitrogen and oxygen atoms in total. The van der Waals surface area contributed by atoms with Gasteiger partial charge in [-0.2, -0.15) is 0 Å². The Morgan fingerprint density at radius 1 is 1.29 bits per heavy atom. The van der Waals surface area contributed by atoms with Crippen LogP contribution in [-0.4, -0.2) is 46.0 Å².